The largest absolute Gasteiger partial charge is 0.350 e. The molecule has 0 bridgehead atoms. The third kappa shape index (κ3) is 3.26. The zero-order valence-electron chi connectivity index (χ0n) is 12.2. The number of hydrogen-bond acceptors (Lipinski definition) is 3. The predicted molar refractivity (Wildman–Crippen MR) is 95.0 cm³/mol. The summed E-state index contributed by atoms with van der Waals surface area (Å²) >= 11 is 17.9. The first-order valence-corrected chi connectivity index (χ1v) is 8.12. The number of benzene rings is 2. The van der Waals surface area contributed by atoms with Crippen molar-refractivity contribution in [1.29, 1.82) is 0 Å². The van der Waals surface area contributed by atoms with E-state index in [0.29, 0.717) is 15.7 Å². The Morgan fingerprint density at radius 3 is 2.25 bits per heavy atom. The Balaban J connectivity index is 1.82. The zero-order chi connectivity index (χ0) is 17.3. The van der Waals surface area contributed by atoms with Crippen molar-refractivity contribution in [1.82, 2.24) is 4.90 Å². The molecule has 1 N–H and O–H groups in total. The van der Waals surface area contributed by atoms with Crippen LogP contribution in [0.3, 0.4) is 0 Å². The van der Waals surface area contributed by atoms with Crippen molar-refractivity contribution >= 4 is 52.3 Å². The third-order valence-electron chi connectivity index (χ3n) is 3.48. The number of carbonyl (C=O) groups excluding carboxylic acids is 2. The normalized spacial score (nSPS) is 14.5. The van der Waals surface area contributed by atoms with Gasteiger partial charge in [-0.25, -0.2) is 0 Å². The van der Waals surface area contributed by atoms with Crippen LogP contribution in [0.2, 0.25) is 10.0 Å². The van der Waals surface area contributed by atoms with E-state index in [1.54, 1.807) is 18.2 Å². The molecule has 1 aliphatic heterocycles. The van der Waals surface area contributed by atoms with E-state index in [0.717, 1.165) is 10.5 Å². The quantitative estimate of drug-likeness (QED) is 0.797. The number of rotatable bonds is 4. The van der Waals surface area contributed by atoms with Gasteiger partial charge in [-0.15, -0.1) is 0 Å². The maximum atomic E-state index is 12.5. The van der Waals surface area contributed by atoms with Gasteiger partial charge in [0.25, 0.3) is 11.8 Å². The molecule has 2 aromatic rings. The van der Waals surface area contributed by atoms with Crippen molar-refractivity contribution in [3.8, 4) is 0 Å². The second-order valence-electron chi connectivity index (χ2n) is 5.12. The van der Waals surface area contributed by atoms with Crippen molar-refractivity contribution < 1.29 is 9.59 Å². The molecule has 24 heavy (non-hydrogen) atoms. The van der Waals surface area contributed by atoms with Gasteiger partial charge in [-0.1, -0.05) is 65.1 Å². The van der Waals surface area contributed by atoms with Gasteiger partial charge in [-0.05, 0) is 23.8 Å². The number of hydrogen-bond donors (Lipinski definition) is 1. The maximum absolute atomic E-state index is 12.5. The molecule has 0 aliphatic carbocycles. The molecule has 0 radical (unpaired) electrons. The van der Waals surface area contributed by atoms with Crippen LogP contribution >= 0.6 is 34.8 Å². The molecule has 4 nitrogen and oxygen atoms in total. The Labute approximate surface area is 153 Å². The van der Waals surface area contributed by atoms with Crippen LogP contribution < -0.4 is 5.32 Å². The van der Waals surface area contributed by atoms with Crippen LogP contribution in [0.25, 0.3) is 0 Å². The number of carbonyl (C=O) groups is 2. The first-order valence-electron chi connectivity index (χ1n) is 6.99. The summed E-state index contributed by atoms with van der Waals surface area (Å²) in [5.74, 6) is -1.02. The molecule has 2 amide bonds. The number of amides is 2. The molecule has 122 valence electrons. The molecule has 0 aromatic heterocycles. The highest BCUT2D eigenvalue weighted by Gasteiger charge is 2.37. The third-order valence-corrected chi connectivity index (χ3v) is 4.57. The van der Waals surface area contributed by atoms with Gasteiger partial charge in [-0.3, -0.25) is 14.5 Å². The number of halogens is 3. The molecule has 7 heteroatoms. The fraction of sp³-hybridized carbons (Fsp3) is 0.0588. The smallest absolute Gasteiger partial charge is 0.279 e. The highest BCUT2D eigenvalue weighted by molar-refractivity contribution is 6.48. The van der Waals surface area contributed by atoms with E-state index in [1.165, 1.54) is 0 Å². The number of imide groups is 1. The van der Waals surface area contributed by atoms with Gasteiger partial charge in [-0.2, -0.15) is 0 Å². The highest BCUT2D eigenvalue weighted by Crippen LogP contribution is 2.30. The van der Waals surface area contributed by atoms with E-state index < -0.39 is 11.8 Å². The van der Waals surface area contributed by atoms with Gasteiger partial charge in [0.1, 0.15) is 10.7 Å². The summed E-state index contributed by atoms with van der Waals surface area (Å²) in [4.78, 5) is 25.9. The molecule has 0 atom stereocenters. The average Bonchev–Trinajstić information content (AvgIpc) is 2.77. The molecular weight excluding hydrogens is 371 g/mol. The van der Waals surface area contributed by atoms with Crippen LogP contribution in [0.15, 0.2) is 59.3 Å². The van der Waals surface area contributed by atoms with Crippen LogP contribution in [0.1, 0.15) is 5.56 Å². The molecule has 0 saturated heterocycles. The molecular formula is C17H11Cl3N2O2. The van der Waals surface area contributed by atoms with Crippen molar-refractivity contribution in [2.24, 2.45) is 0 Å². The Hall–Kier alpha value is -2.01. The summed E-state index contributed by atoms with van der Waals surface area (Å²) in [5, 5.41) is 3.42. The highest BCUT2D eigenvalue weighted by atomic mass is 35.5. The average molecular weight is 382 g/mol. The lowest BCUT2D eigenvalue weighted by atomic mass is 10.2. The summed E-state index contributed by atoms with van der Waals surface area (Å²) in [6.07, 6.45) is 0. The lowest BCUT2D eigenvalue weighted by Gasteiger charge is -2.15. The molecule has 1 aliphatic rings. The molecule has 0 fully saturated rings. The SMILES string of the molecule is O=C1C(Cl)=C(Nc2ccc(Cl)c(Cl)c2)C(=O)N1Cc1ccccc1. The summed E-state index contributed by atoms with van der Waals surface area (Å²) < 4.78 is 0. The number of nitrogens with one attached hydrogen (secondary N) is 1. The lowest BCUT2D eigenvalue weighted by molar-refractivity contribution is -0.138. The Bertz CT molecular complexity index is 850. The predicted octanol–water partition coefficient (Wildman–Crippen LogP) is 4.42. The summed E-state index contributed by atoms with van der Waals surface area (Å²) in [6, 6.07) is 14.0. The van der Waals surface area contributed by atoms with E-state index in [9.17, 15) is 9.59 Å². The van der Waals surface area contributed by atoms with Crippen LogP contribution in [0, 0.1) is 0 Å². The molecule has 0 unspecified atom stereocenters. The van der Waals surface area contributed by atoms with Gasteiger partial charge >= 0.3 is 0 Å². The minimum Gasteiger partial charge on any atom is -0.350 e. The van der Waals surface area contributed by atoms with Gasteiger partial charge in [0, 0.05) is 5.69 Å². The van der Waals surface area contributed by atoms with Crippen LogP contribution in [-0.2, 0) is 16.1 Å². The topological polar surface area (TPSA) is 49.4 Å². The first kappa shape index (κ1) is 16.8. The zero-order valence-corrected chi connectivity index (χ0v) is 14.5. The monoisotopic (exact) mass is 380 g/mol. The summed E-state index contributed by atoms with van der Waals surface area (Å²) in [7, 11) is 0. The summed E-state index contributed by atoms with van der Waals surface area (Å²) in [6.45, 7) is 0.154. The van der Waals surface area contributed by atoms with Crippen molar-refractivity contribution in [2.45, 2.75) is 6.54 Å². The second kappa shape index (κ2) is 6.85. The van der Waals surface area contributed by atoms with E-state index in [1.807, 2.05) is 30.3 Å². The van der Waals surface area contributed by atoms with E-state index in [2.05, 4.69) is 5.32 Å². The first-order chi connectivity index (χ1) is 11.5. The van der Waals surface area contributed by atoms with Crippen molar-refractivity contribution in [3.63, 3.8) is 0 Å². The minimum absolute atomic E-state index is 0.0241. The molecule has 0 saturated carbocycles. The van der Waals surface area contributed by atoms with Crippen molar-refractivity contribution in [2.75, 3.05) is 5.32 Å². The molecule has 2 aromatic carbocycles. The van der Waals surface area contributed by atoms with E-state index in [-0.39, 0.29) is 17.3 Å². The Morgan fingerprint density at radius 2 is 1.58 bits per heavy atom. The summed E-state index contributed by atoms with van der Waals surface area (Å²) in [5.41, 5.74) is 1.37. The van der Waals surface area contributed by atoms with Crippen molar-refractivity contribution in [3.05, 3.63) is 74.9 Å². The van der Waals surface area contributed by atoms with Gasteiger partial charge in [0.2, 0.25) is 0 Å². The molecule has 3 rings (SSSR count). The van der Waals surface area contributed by atoms with Crippen LogP contribution in [0.4, 0.5) is 5.69 Å². The second-order valence-corrected chi connectivity index (χ2v) is 6.32. The number of nitrogens with zero attached hydrogens (tertiary/aromatic N) is 1. The fourth-order valence-corrected chi connectivity index (χ4v) is 2.81. The van der Waals surface area contributed by atoms with Crippen LogP contribution in [-0.4, -0.2) is 16.7 Å². The van der Waals surface area contributed by atoms with Gasteiger partial charge in [0.15, 0.2) is 0 Å². The van der Waals surface area contributed by atoms with Gasteiger partial charge < -0.3 is 5.32 Å². The fourth-order valence-electron chi connectivity index (χ4n) is 2.28. The maximum Gasteiger partial charge on any atom is 0.279 e. The minimum atomic E-state index is -0.534. The molecule has 1 heterocycles. The van der Waals surface area contributed by atoms with Crippen LogP contribution in [0.5, 0.6) is 0 Å². The lowest BCUT2D eigenvalue weighted by Crippen LogP contribution is -2.31. The molecule has 0 spiro atoms. The van der Waals surface area contributed by atoms with Gasteiger partial charge in [0.05, 0.1) is 16.6 Å². The Morgan fingerprint density at radius 1 is 0.875 bits per heavy atom. The van der Waals surface area contributed by atoms with E-state index in [4.69, 9.17) is 34.8 Å². The number of anilines is 1. The Kier molecular flexibility index (Phi) is 4.81. The standard InChI is InChI=1S/C17H11Cl3N2O2/c18-12-7-6-11(8-13(12)19)21-15-14(20)16(23)22(17(15)24)9-10-4-2-1-3-5-10/h1-8,21H,9H2. The van der Waals surface area contributed by atoms with E-state index >= 15 is 0 Å².